The van der Waals surface area contributed by atoms with Gasteiger partial charge in [-0.1, -0.05) is 20.8 Å². The van der Waals surface area contributed by atoms with Crippen molar-refractivity contribution in [1.82, 2.24) is 5.32 Å². The van der Waals surface area contributed by atoms with Gasteiger partial charge in [0, 0.05) is 18.4 Å². The fraction of sp³-hybridized carbons (Fsp3) is 0.846. The summed E-state index contributed by atoms with van der Waals surface area (Å²) in [5.74, 6) is -0.708. The predicted molar refractivity (Wildman–Crippen MR) is 71.2 cm³/mol. The van der Waals surface area contributed by atoms with E-state index in [2.05, 4.69) is 5.32 Å². The highest BCUT2D eigenvalue weighted by atomic mass is 16.4. The van der Waals surface area contributed by atoms with Crippen LogP contribution in [0.2, 0.25) is 0 Å². The molecule has 0 heterocycles. The molecule has 0 radical (unpaired) electrons. The number of rotatable bonds is 7. The van der Waals surface area contributed by atoms with Gasteiger partial charge < -0.3 is 14.9 Å². The summed E-state index contributed by atoms with van der Waals surface area (Å²) in [5, 5.41) is 11.5. The van der Waals surface area contributed by atoms with Crippen molar-refractivity contribution in [3.05, 3.63) is 0 Å². The Bertz CT molecular complexity index is 293. The van der Waals surface area contributed by atoms with Gasteiger partial charge in [0.25, 0.3) is 0 Å². The maximum atomic E-state index is 11.6. The zero-order chi connectivity index (χ0) is 14.4. The number of hydrogen-bond donors (Lipinski definition) is 2. The van der Waals surface area contributed by atoms with E-state index in [1.54, 1.807) is 0 Å². The van der Waals surface area contributed by atoms with E-state index in [0.717, 1.165) is 13.0 Å². The number of carbonyl (C=O) groups is 2. The van der Waals surface area contributed by atoms with Crippen molar-refractivity contribution in [2.24, 2.45) is 5.41 Å². The second-order valence-electron chi connectivity index (χ2n) is 6.39. The monoisotopic (exact) mass is 259 g/mol. The standard InChI is InChI=1S/C13H26N2O3/c1-13(2,3)12(18)14-8-6-9-15(4,5)10-7-11(16)17/h6-10H2,1-5H3,(H-,14,16,17,18)/p+1. The Morgan fingerprint density at radius 2 is 1.72 bits per heavy atom. The molecule has 0 saturated heterocycles. The van der Waals surface area contributed by atoms with Gasteiger partial charge >= 0.3 is 5.97 Å². The maximum Gasteiger partial charge on any atom is 0.309 e. The minimum absolute atomic E-state index is 0.0540. The molecular formula is C13H27N2O3+. The predicted octanol–water partition coefficient (Wildman–Crippen LogP) is 1.09. The summed E-state index contributed by atoms with van der Waals surface area (Å²) in [7, 11) is 4.02. The van der Waals surface area contributed by atoms with Crippen molar-refractivity contribution in [1.29, 1.82) is 0 Å². The van der Waals surface area contributed by atoms with Crippen molar-refractivity contribution in [2.75, 3.05) is 33.7 Å². The lowest BCUT2D eigenvalue weighted by molar-refractivity contribution is -0.889. The smallest absolute Gasteiger partial charge is 0.309 e. The molecule has 0 spiro atoms. The first-order valence-electron chi connectivity index (χ1n) is 6.37. The number of carbonyl (C=O) groups excluding carboxylic acids is 1. The third-order valence-electron chi connectivity index (χ3n) is 2.84. The molecule has 0 rings (SSSR count). The molecule has 0 aromatic rings. The van der Waals surface area contributed by atoms with Gasteiger partial charge in [-0.3, -0.25) is 9.59 Å². The van der Waals surface area contributed by atoms with Crippen LogP contribution in [0, 0.1) is 5.41 Å². The second kappa shape index (κ2) is 6.73. The first kappa shape index (κ1) is 16.9. The van der Waals surface area contributed by atoms with Gasteiger partial charge in [-0.15, -0.1) is 0 Å². The SMILES string of the molecule is CC(C)(C)C(=O)NCCC[N+](C)(C)CCC(=O)O. The minimum Gasteiger partial charge on any atom is -0.481 e. The fourth-order valence-electron chi connectivity index (χ4n) is 1.48. The molecule has 0 atom stereocenters. The molecule has 0 bridgehead atoms. The number of nitrogens with zero attached hydrogens (tertiary/aromatic N) is 1. The average molecular weight is 259 g/mol. The van der Waals surface area contributed by atoms with Gasteiger partial charge in [0.05, 0.1) is 33.6 Å². The van der Waals surface area contributed by atoms with Crippen molar-refractivity contribution in [3.8, 4) is 0 Å². The van der Waals surface area contributed by atoms with Crippen LogP contribution in [-0.2, 0) is 9.59 Å². The highest BCUT2D eigenvalue weighted by molar-refractivity contribution is 5.81. The highest BCUT2D eigenvalue weighted by Crippen LogP contribution is 2.12. The summed E-state index contributed by atoms with van der Waals surface area (Å²) in [6.45, 7) is 7.77. The van der Waals surface area contributed by atoms with Gasteiger partial charge in [0.15, 0.2) is 0 Å². The lowest BCUT2D eigenvalue weighted by Gasteiger charge is -2.29. The van der Waals surface area contributed by atoms with E-state index in [1.165, 1.54) is 0 Å². The van der Waals surface area contributed by atoms with Crippen molar-refractivity contribution in [3.63, 3.8) is 0 Å². The summed E-state index contributed by atoms with van der Waals surface area (Å²) >= 11 is 0. The summed E-state index contributed by atoms with van der Waals surface area (Å²) < 4.78 is 0.664. The van der Waals surface area contributed by atoms with Crippen LogP contribution in [0.1, 0.15) is 33.6 Å². The molecule has 0 aromatic carbocycles. The summed E-state index contributed by atoms with van der Waals surface area (Å²) in [5.41, 5.74) is -0.353. The van der Waals surface area contributed by atoms with Crippen molar-refractivity contribution >= 4 is 11.9 Å². The highest BCUT2D eigenvalue weighted by Gasteiger charge is 2.21. The van der Waals surface area contributed by atoms with E-state index >= 15 is 0 Å². The summed E-state index contributed by atoms with van der Waals surface area (Å²) in [6, 6.07) is 0. The van der Waals surface area contributed by atoms with Gasteiger partial charge in [-0.25, -0.2) is 0 Å². The molecule has 5 nitrogen and oxygen atoms in total. The summed E-state index contributed by atoms with van der Waals surface area (Å²) in [4.78, 5) is 22.1. The molecule has 18 heavy (non-hydrogen) atoms. The van der Waals surface area contributed by atoms with Crippen LogP contribution >= 0.6 is 0 Å². The summed E-state index contributed by atoms with van der Waals surface area (Å²) in [6.07, 6.45) is 1.04. The number of amides is 1. The van der Waals surface area contributed by atoms with Gasteiger partial charge in [-0.05, 0) is 0 Å². The second-order valence-corrected chi connectivity index (χ2v) is 6.39. The molecule has 0 aliphatic carbocycles. The van der Waals surface area contributed by atoms with Crippen molar-refractivity contribution in [2.45, 2.75) is 33.6 Å². The van der Waals surface area contributed by atoms with Gasteiger partial charge in [-0.2, -0.15) is 0 Å². The average Bonchev–Trinajstić information content (AvgIpc) is 2.20. The Kier molecular flexibility index (Phi) is 6.32. The largest absolute Gasteiger partial charge is 0.481 e. The molecule has 5 heteroatoms. The molecular weight excluding hydrogens is 232 g/mol. The first-order chi connectivity index (χ1) is 8.04. The zero-order valence-corrected chi connectivity index (χ0v) is 12.2. The van der Waals surface area contributed by atoms with E-state index in [9.17, 15) is 9.59 Å². The van der Waals surface area contributed by atoms with Gasteiger partial charge in [0.1, 0.15) is 0 Å². The molecule has 2 N–H and O–H groups in total. The first-order valence-corrected chi connectivity index (χ1v) is 6.37. The van der Waals surface area contributed by atoms with Gasteiger partial charge in [0.2, 0.25) is 5.91 Å². The Labute approximate surface area is 110 Å². The number of nitrogens with one attached hydrogen (secondary N) is 1. The molecule has 0 aliphatic rings. The Balaban J connectivity index is 3.83. The lowest BCUT2D eigenvalue weighted by Crippen LogP contribution is -2.43. The molecule has 106 valence electrons. The van der Waals surface area contributed by atoms with E-state index in [-0.39, 0.29) is 17.7 Å². The van der Waals surface area contributed by atoms with E-state index < -0.39 is 5.97 Å². The zero-order valence-electron chi connectivity index (χ0n) is 12.2. The van der Waals surface area contributed by atoms with Crippen LogP contribution in [-0.4, -0.2) is 55.2 Å². The minimum atomic E-state index is -0.762. The number of carboxylic acids is 1. The van der Waals surface area contributed by atoms with Crippen molar-refractivity contribution < 1.29 is 19.2 Å². The number of aliphatic carboxylic acids is 1. The lowest BCUT2D eigenvalue weighted by atomic mass is 9.96. The normalized spacial score (nSPS) is 12.3. The quantitative estimate of drug-likeness (QED) is 0.531. The third-order valence-corrected chi connectivity index (χ3v) is 2.84. The van der Waals surface area contributed by atoms with Crippen LogP contribution in [0.25, 0.3) is 0 Å². The molecule has 0 aliphatic heterocycles. The molecule has 0 unspecified atom stereocenters. The van der Waals surface area contributed by atoms with Crippen LogP contribution in [0.15, 0.2) is 0 Å². The van der Waals surface area contributed by atoms with Crippen LogP contribution in [0.4, 0.5) is 0 Å². The number of hydrogen-bond acceptors (Lipinski definition) is 2. The number of quaternary nitrogens is 1. The fourth-order valence-corrected chi connectivity index (χ4v) is 1.48. The molecule has 0 saturated carbocycles. The third kappa shape index (κ3) is 8.06. The number of carboxylic acid groups (broad SMARTS) is 1. The topological polar surface area (TPSA) is 66.4 Å². The maximum absolute atomic E-state index is 11.6. The Morgan fingerprint density at radius 3 is 2.17 bits per heavy atom. The van der Waals surface area contributed by atoms with Crippen LogP contribution in [0.3, 0.4) is 0 Å². The Hall–Kier alpha value is -1.10. The van der Waals surface area contributed by atoms with E-state index in [0.29, 0.717) is 17.6 Å². The van der Waals surface area contributed by atoms with Crippen LogP contribution in [0.5, 0.6) is 0 Å². The molecule has 0 aromatic heterocycles. The van der Waals surface area contributed by atoms with E-state index in [1.807, 2.05) is 34.9 Å². The van der Waals surface area contributed by atoms with Crippen LogP contribution < -0.4 is 5.32 Å². The molecule has 1 amide bonds. The molecule has 0 fully saturated rings. The van der Waals surface area contributed by atoms with E-state index in [4.69, 9.17) is 5.11 Å². The Morgan fingerprint density at radius 1 is 1.17 bits per heavy atom.